The second-order valence-electron chi connectivity index (χ2n) is 6.40. The number of nitrogens with one attached hydrogen (secondary N) is 1. The van der Waals surface area contributed by atoms with Crippen LogP contribution in [0.25, 0.3) is 0 Å². The lowest BCUT2D eigenvalue weighted by Crippen LogP contribution is -2.37. The molecule has 1 aliphatic heterocycles. The highest BCUT2D eigenvalue weighted by atomic mass is 19.1. The van der Waals surface area contributed by atoms with Crippen molar-refractivity contribution >= 4 is 5.91 Å². The quantitative estimate of drug-likeness (QED) is 0.914. The molecule has 3 rings (SSSR count). The number of benzene rings is 1. The Labute approximate surface area is 140 Å². The van der Waals surface area contributed by atoms with E-state index in [2.05, 4.69) is 15.4 Å². The second-order valence-corrected chi connectivity index (χ2v) is 6.40. The third kappa shape index (κ3) is 4.00. The van der Waals surface area contributed by atoms with Crippen molar-refractivity contribution in [3.05, 3.63) is 52.7 Å². The first kappa shape index (κ1) is 16.6. The minimum Gasteiger partial charge on any atom is -0.361 e. The fourth-order valence-corrected chi connectivity index (χ4v) is 3.16. The number of carbonyl (C=O) groups excluding carboxylic acids is 1. The standard InChI is InChI=1S/C18H22FN3O2/c1-12-17(13(2)24-21-12)11-22-7-6-16(10-22)20-18(23)9-14-4-3-5-15(19)8-14/h3-5,8,16H,6-7,9-11H2,1-2H3,(H,20,23). The van der Waals surface area contributed by atoms with Crippen LogP contribution in [0.5, 0.6) is 0 Å². The van der Waals surface area contributed by atoms with Gasteiger partial charge >= 0.3 is 0 Å². The summed E-state index contributed by atoms with van der Waals surface area (Å²) in [6, 6.07) is 6.30. The van der Waals surface area contributed by atoms with Crippen molar-refractivity contribution in [3.8, 4) is 0 Å². The molecule has 1 amide bonds. The summed E-state index contributed by atoms with van der Waals surface area (Å²) in [4.78, 5) is 14.4. The van der Waals surface area contributed by atoms with E-state index < -0.39 is 0 Å². The molecular formula is C18H22FN3O2. The van der Waals surface area contributed by atoms with Gasteiger partial charge in [-0.25, -0.2) is 4.39 Å². The number of halogens is 1. The Hall–Kier alpha value is -2.21. The maximum absolute atomic E-state index is 13.2. The molecule has 0 bridgehead atoms. The largest absolute Gasteiger partial charge is 0.361 e. The summed E-state index contributed by atoms with van der Waals surface area (Å²) in [5, 5.41) is 7.02. The zero-order valence-electron chi connectivity index (χ0n) is 14.0. The van der Waals surface area contributed by atoms with Gasteiger partial charge in [0.1, 0.15) is 11.6 Å². The molecule has 1 unspecified atom stereocenters. The normalized spacial score (nSPS) is 18.0. The lowest BCUT2D eigenvalue weighted by Gasteiger charge is -2.16. The molecule has 0 radical (unpaired) electrons. The van der Waals surface area contributed by atoms with Crippen molar-refractivity contribution in [2.75, 3.05) is 13.1 Å². The number of amides is 1. The number of rotatable bonds is 5. The SMILES string of the molecule is Cc1noc(C)c1CN1CCC(NC(=O)Cc2cccc(F)c2)C1. The average Bonchev–Trinajstić information content (AvgIpc) is 3.09. The predicted octanol–water partition coefficient (Wildman–Crippen LogP) is 2.36. The van der Waals surface area contributed by atoms with Gasteiger partial charge in [0.2, 0.25) is 5.91 Å². The molecule has 1 aliphatic rings. The van der Waals surface area contributed by atoms with Crippen molar-refractivity contribution < 1.29 is 13.7 Å². The summed E-state index contributed by atoms with van der Waals surface area (Å²) < 4.78 is 18.4. The number of carbonyl (C=O) groups is 1. The lowest BCUT2D eigenvalue weighted by atomic mass is 10.1. The Morgan fingerprint density at radius 3 is 3.00 bits per heavy atom. The van der Waals surface area contributed by atoms with Crippen molar-refractivity contribution in [1.29, 1.82) is 0 Å². The molecule has 2 aromatic rings. The molecule has 1 aromatic heterocycles. The van der Waals surface area contributed by atoms with Crippen LogP contribution in [-0.2, 0) is 17.8 Å². The number of likely N-dealkylation sites (tertiary alicyclic amines) is 1. The molecule has 1 fully saturated rings. The number of hydrogen-bond donors (Lipinski definition) is 1. The van der Waals surface area contributed by atoms with Gasteiger partial charge in [0.25, 0.3) is 0 Å². The van der Waals surface area contributed by atoms with E-state index in [-0.39, 0.29) is 24.2 Å². The Kier molecular flexibility index (Phi) is 4.94. The van der Waals surface area contributed by atoms with Crippen LogP contribution in [0, 0.1) is 19.7 Å². The Morgan fingerprint density at radius 1 is 1.46 bits per heavy atom. The van der Waals surface area contributed by atoms with Crippen molar-refractivity contribution in [2.45, 2.75) is 39.3 Å². The van der Waals surface area contributed by atoms with Crippen molar-refractivity contribution in [2.24, 2.45) is 0 Å². The van der Waals surface area contributed by atoms with Crippen LogP contribution in [0.4, 0.5) is 4.39 Å². The molecule has 5 nitrogen and oxygen atoms in total. The minimum atomic E-state index is -0.313. The summed E-state index contributed by atoms with van der Waals surface area (Å²) in [7, 11) is 0. The van der Waals surface area contributed by atoms with Crippen LogP contribution in [0.15, 0.2) is 28.8 Å². The third-order valence-electron chi connectivity index (χ3n) is 4.45. The molecule has 1 N–H and O–H groups in total. The van der Waals surface area contributed by atoms with E-state index in [4.69, 9.17) is 4.52 Å². The van der Waals surface area contributed by atoms with Gasteiger partial charge in [0, 0.05) is 31.2 Å². The first-order valence-electron chi connectivity index (χ1n) is 8.19. The summed E-state index contributed by atoms with van der Waals surface area (Å²) in [6.45, 7) is 6.38. The lowest BCUT2D eigenvalue weighted by molar-refractivity contribution is -0.121. The summed E-state index contributed by atoms with van der Waals surface area (Å²) in [5.74, 6) is 0.475. The van der Waals surface area contributed by atoms with E-state index in [1.807, 2.05) is 13.8 Å². The highest BCUT2D eigenvalue weighted by Crippen LogP contribution is 2.18. The summed E-state index contributed by atoms with van der Waals surface area (Å²) >= 11 is 0. The molecule has 0 aliphatic carbocycles. The number of nitrogens with zero attached hydrogens (tertiary/aromatic N) is 2. The van der Waals surface area contributed by atoms with E-state index in [0.717, 1.165) is 43.1 Å². The molecule has 1 atom stereocenters. The van der Waals surface area contributed by atoms with Gasteiger partial charge in [0.05, 0.1) is 12.1 Å². The summed E-state index contributed by atoms with van der Waals surface area (Å²) in [5.41, 5.74) is 2.74. The van der Waals surface area contributed by atoms with Crippen LogP contribution in [0.1, 0.15) is 29.0 Å². The second kappa shape index (κ2) is 7.13. The van der Waals surface area contributed by atoms with Crippen LogP contribution in [0.2, 0.25) is 0 Å². The first-order chi connectivity index (χ1) is 11.5. The maximum Gasteiger partial charge on any atom is 0.224 e. The predicted molar refractivity (Wildman–Crippen MR) is 87.9 cm³/mol. The number of aryl methyl sites for hydroxylation is 2. The molecule has 0 spiro atoms. The first-order valence-corrected chi connectivity index (χ1v) is 8.19. The summed E-state index contributed by atoms with van der Waals surface area (Å²) in [6.07, 6.45) is 1.12. The molecule has 1 aromatic carbocycles. The molecule has 1 saturated heterocycles. The zero-order valence-corrected chi connectivity index (χ0v) is 14.0. The highest BCUT2D eigenvalue weighted by molar-refractivity contribution is 5.78. The fourth-order valence-electron chi connectivity index (χ4n) is 3.16. The van der Waals surface area contributed by atoms with E-state index in [1.165, 1.54) is 12.1 Å². The Morgan fingerprint density at radius 2 is 2.29 bits per heavy atom. The number of hydrogen-bond acceptors (Lipinski definition) is 4. The van der Waals surface area contributed by atoms with Crippen LogP contribution >= 0.6 is 0 Å². The zero-order chi connectivity index (χ0) is 17.1. The van der Waals surface area contributed by atoms with Gasteiger partial charge in [-0.05, 0) is 38.0 Å². The third-order valence-corrected chi connectivity index (χ3v) is 4.45. The molecule has 0 saturated carbocycles. The Balaban J connectivity index is 1.50. The van der Waals surface area contributed by atoms with E-state index in [0.29, 0.717) is 5.56 Å². The highest BCUT2D eigenvalue weighted by Gasteiger charge is 2.25. The van der Waals surface area contributed by atoms with E-state index >= 15 is 0 Å². The number of aromatic nitrogens is 1. The maximum atomic E-state index is 13.2. The smallest absolute Gasteiger partial charge is 0.224 e. The van der Waals surface area contributed by atoms with Gasteiger partial charge in [-0.1, -0.05) is 17.3 Å². The molecule has 6 heteroatoms. The molecule has 128 valence electrons. The van der Waals surface area contributed by atoms with Gasteiger partial charge in [-0.15, -0.1) is 0 Å². The van der Waals surface area contributed by atoms with Crippen molar-refractivity contribution in [3.63, 3.8) is 0 Å². The van der Waals surface area contributed by atoms with Crippen LogP contribution < -0.4 is 5.32 Å². The average molecular weight is 331 g/mol. The van der Waals surface area contributed by atoms with Gasteiger partial charge in [0.15, 0.2) is 0 Å². The topological polar surface area (TPSA) is 58.4 Å². The van der Waals surface area contributed by atoms with E-state index in [9.17, 15) is 9.18 Å². The van der Waals surface area contributed by atoms with Crippen molar-refractivity contribution in [1.82, 2.24) is 15.4 Å². The molecular weight excluding hydrogens is 309 g/mol. The monoisotopic (exact) mass is 331 g/mol. The molecule has 24 heavy (non-hydrogen) atoms. The van der Waals surface area contributed by atoms with Crippen LogP contribution in [0.3, 0.4) is 0 Å². The van der Waals surface area contributed by atoms with Gasteiger partial charge in [-0.2, -0.15) is 0 Å². The molecule has 2 heterocycles. The van der Waals surface area contributed by atoms with E-state index in [1.54, 1.807) is 12.1 Å². The minimum absolute atomic E-state index is 0.0650. The fraction of sp³-hybridized carbons (Fsp3) is 0.444. The van der Waals surface area contributed by atoms with Gasteiger partial charge < -0.3 is 9.84 Å². The van der Waals surface area contributed by atoms with Crippen LogP contribution in [-0.4, -0.2) is 35.1 Å². The Bertz CT molecular complexity index is 709. The van der Waals surface area contributed by atoms with Gasteiger partial charge in [-0.3, -0.25) is 9.69 Å².